The number of hydrogen-bond acceptors (Lipinski definition) is 4. The minimum Gasteiger partial charge on any atom is -0.394 e. The van der Waals surface area contributed by atoms with Gasteiger partial charge in [0.15, 0.2) is 0 Å². The topological polar surface area (TPSA) is 47.9 Å². The summed E-state index contributed by atoms with van der Waals surface area (Å²) in [5, 5.41) is 8.49. The minimum atomic E-state index is 0.0694. The molecule has 0 aliphatic rings. The van der Waals surface area contributed by atoms with Crippen LogP contribution in [0.3, 0.4) is 0 Å². The van der Waals surface area contributed by atoms with Gasteiger partial charge in [0.2, 0.25) is 0 Å². The Morgan fingerprint density at radius 3 is 1.95 bits per heavy atom. The molecule has 1 atom stereocenters. The zero-order valence-corrected chi connectivity index (χ0v) is 12.7. The molecule has 1 N–H and O–H groups in total. The lowest BCUT2D eigenvalue weighted by Gasteiger charge is -2.09. The molecule has 0 fully saturated rings. The van der Waals surface area contributed by atoms with Crippen LogP contribution in [0.5, 0.6) is 0 Å². The van der Waals surface area contributed by atoms with Crippen LogP contribution in [0.4, 0.5) is 0 Å². The van der Waals surface area contributed by atoms with E-state index in [1.165, 1.54) is 25.7 Å². The summed E-state index contributed by atoms with van der Waals surface area (Å²) in [5.41, 5.74) is 0. The smallest absolute Gasteiger partial charge is 0.0701 e. The number of unbranched alkanes of at least 4 members (excludes halogenated alkanes) is 1. The highest BCUT2D eigenvalue weighted by atomic mass is 16.5. The molecule has 0 aromatic rings. The second-order valence-electron chi connectivity index (χ2n) is 4.95. The first kappa shape index (κ1) is 18.8. The number of aliphatic hydroxyl groups excluding tert-OH is 1. The van der Waals surface area contributed by atoms with Crippen LogP contribution in [0.1, 0.15) is 46.0 Å². The largest absolute Gasteiger partial charge is 0.394 e. The summed E-state index contributed by atoms with van der Waals surface area (Å²) in [6, 6.07) is 0. The summed E-state index contributed by atoms with van der Waals surface area (Å²) in [4.78, 5) is 0. The number of rotatable bonds is 15. The average molecular weight is 276 g/mol. The van der Waals surface area contributed by atoms with Gasteiger partial charge in [-0.3, -0.25) is 0 Å². The van der Waals surface area contributed by atoms with E-state index in [2.05, 4.69) is 13.8 Å². The summed E-state index contributed by atoms with van der Waals surface area (Å²) in [6.07, 6.45) is 6.35. The van der Waals surface area contributed by atoms with Gasteiger partial charge < -0.3 is 19.3 Å². The van der Waals surface area contributed by atoms with E-state index in [1.807, 2.05) is 0 Å². The summed E-state index contributed by atoms with van der Waals surface area (Å²) in [7, 11) is 0. The standard InChI is InChI=1S/C15H32O4/c1-3-6-15(2)7-4-5-9-17-11-13-19-14-12-18-10-8-16/h15-16H,3-14H2,1-2H3. The number of hydrogen-bond donors (Lipinski definition) is 1. The summed E-state index contributed by atoms with van der Waals surface area (Å²) in [5.74, 6) is 0.854. The van der Waals surface area contributed by atoms with Gasteiger partial charge in [0.05, 0.1) is 39.6 Å². The molecular formula is C15H32O4. The van der Waals surface area contributed by atoms with Crippen LogP contribution in [0.15, 0.2) is 0 Å². The Hall–Kier alpha value is -0.160. The van der Waals surface area contributed by atoms with Gasteiger partial charge >= 0.3 is 0 Å². The van der Waals surface area contributed by atoms with Crippen molar-refractivity contribution < 1.29 is 19.3 Å². The molecule has 0 amide bonds. The van der Waals surface area contributed by atoms with Crippen molar-refractivity contribution >= 4 is 0 Å². The Balaban J connectivity index is 2.99. The SMILES string of the molecule is CCCC(C)CCCCOCCOCCOCCO. The maximum absolute atomic E-state index is 8.49. The molecule has 0 aliphatic carbocycles. The number of aliphatic hydroxyl groups is 1. The Morgan fingerprint density at radius 2 is 1.37 bits per heavy atom. The molecule has 0 spiro atoms. The van der Waals surface area contributed by atoms with Gasteiger partial charge in [0.1, 0.15) is 0 Å². The van der Waals surface area contributed by atoms with Crippen molar-refractivity contribution in [1.29, 1.82) is 0 Å². The molecule has 0 saturated carbocycles. The summed E-state index contributed by atoms with van der Waals surface area (Å²) in [6.45, 7) is 8.25. The normalized spacial score (nSPS) is 12.8. The van der Waals surface area contributed by atoms with E-state index in [4.69, 9.17) is 19.3 Å². The van der Waals surface area contributed by atoms with Crippen LogP contribution in [-0.2, 0) is 14.2 Å². The fraction of sp³-hybridized carbons (Fsp3) is 1.00. The molecule has 0 radical (unpaired) electrons. The second kappa shape index (κ2) is 15.9. The molecule has 0 aromatic heterocycles. The molecule has 19 heavy (non-hydrogen) atoms. The lowest BCUT2D eigenvalue weighted by Crippen LogP contribution is -2.11. The van der Waals surface area contributed by atoms with Gasteiger partial charge in [-0.2, -0.15) is 0 Å². The van der Waals surface area contributed by atoms with Crippen molar-refractivity contribution in [2.45, 2.75) is 46.0 Å². The predicted molar refractivity (Wildman–Crippen MR) is 77.5 cm³/mol. The molecule has 0 saturated heterocycles. The quantitative estimate of drug-likeness (QED) is 0.467. The Morgan fingerprint density at radius 1 is 0.789 bits per heavy atom. The van der Waals surface area contributed by atoms with Gasteiger partial charge in [-0.15, -0.1) is 0 Å². The van der Waals surface area contributed by atoms with Crippen molar-refractivity contribution in [3.8, 4) is 0 Å². The van der Waals surface area contributed by atoms with Crippen LogP contribution >= 0.6 is 0 Å². The third-order valence-corrected chi connectivity index (χ3v) is 3.00. The molecule has 0 aliphatic heterocycles. The van der Waals surface area contributed by atoms with E-state index in [0.29, 0.717) is 33.0 Å². The van der Waals surface area contributed by atoms with Gasteiger partial charge in [0, 0.05) is 6.61 Å². The fourth-order valence-corrected chi connectivity index (χ4v) is 1.94. The van der Waals surface area contributed by atoms with Gasteiger partial charge in [-0.1, -0.05) is 39.5 Å². The van der Waals surface area contributed by atoms with E-state index in [1.54, 1.807) is 0 Å². The molecule has 116 valence electrons. The van der Waals surface area contributed by atoms with Gasteiger partial charge in [-0.05, 0) is 12.3 Å². The van der Waals surface area contributed by atoms with Crippen molar-refractivity contribution in [3.05, 3.63) is 0 Å². The van der Waals surface area contributed by atoms with E-state index >= 15 is 0 Å². The first-order valence-corrected chi connectivity index (χ1v) is 7.65. The van der Waals surface area contributed by atoms with E-state index in [-0.39, 0.29) is 6.61 Å². The molecule has 0 aromatic carbocycles. The van der Waals surface area contributed by atoms with Crippen molar-refractivity contribution in [3.63, 3.8) is 0 Å². The van der Waals surface area contributed by atoms with Crippen molar-refractivity contribution in [2.24, 2.45) is 5.92 Å². The summed E-state index contributed by atoms with van der Waals surface area (Å²) >= 11 is 0. The first-order valence-electron chi connectivity index (χ1n) is 7.65. The molecule has 4 nitrogen and oxygen atoms in total. The van der Waals surface area contributed by atoms with E-state index in [0.717, 1.165) is 18.9 Å². The highest BCUT2D eigenvalue weighted by Gasteiger charge is 1.99. The first-order chi connectivity index (χ1) is 9.31. The maximum Gasteiger partial charge on any atom is 0.0701 e. The van der Waals surface area contributed by atoms with Crippen molar-refractivity contribution in [2.75, 3.05) is 46.2 Å². The van der Waals surface area contributed by atoms with Crippen LogP contribution < -0.4 is 0 Å². The van der Waals surface area contributed by atoms with Crippen molar-refractivity contribution in [1.82, 2.24) is 0 Å². The molecule has 0 heterocycles. The van der Waals surface area contributed by atoms with Gasteiger partial charge in [-0.25, -0.2) is 0 Å². The Bertz CT molecular complexity index is 164. The van der Waals surface area contributed by atoms with E-state index < -0.39 is 0 Å². The average Bonchev–Trinajstić information content (AvgIpc) is 2.40. The molecular weight excluding hydrogens is 244 g/mol. The van der Waals surface area contributed by atoms with Crippen LogP contribution in [0, 0.1) is 5.92 Å². The lowest BCUT2D eigenvalue weighted by molar-refractivity contribution is 0.00712. The number of ether oxygens (including phenoxy) is 3. The molecule has 1 unspecified atom stereocenters. The monoisotopic (exact) mass is 276 g/mol. The van der Waals surface area contributed by atoms with Crippen LogP contribution in [0.25, 0.3) is 0 Å². The van der Waals surface area contributed by atoms with E-state index in [9.17, 15) is 0 Å². The Labute approximate surface area is 118 Å². The zero-order valence-electron chi connectivity index (χ0n) is 12.7. The zero-order chi connectivity index (χ0) is 14.2. The minimum absolute atomic E-state index is 0.0694. The molecule has 0 bridgehead atoms. The highest BCUT2D eigenvalue weighted by Crippen LogP contribution is 2.13. The second-order valence-corrected chi connectivity index (χ2v) is 4.95. The third-order valence-electron chi connectivity index (χ3n) is 3.00. The fourth-order valence-electron chi connectivity index (χ4n) is 1.94. The lowest BCUT2D eigenvalue weighted by atomic mass is 9.99. The summed E-state index contributed by atoms with van der Waals surface area (Å²) < 4.78 is 15.9. The molecule has 4 heteroatoms. The predicted octanol–water partition coefficient (Wildman–Crippen LogP) is 2.64. The molecule has 0 rings (SSSR count). The van der Waals surface area contributed by atoms with Crippen LogP contribution in [0.2, 0.25) is 0 Å². The van der Waals surface area contributed by atoms with Gasteiger partial charge in [0.25, 0.3) is 0 Å². The third kappa shape index (κ3) is 15.8. The Kier molecular flexibility index (Phi) is 15.8. The van der Waals surface area contributed by atoms with Crippen LogP contribution in [-0.4, -0.2) is 51.4 Å². The maximum atomic E-state index is 8.49. The highest BCUT2D eigenvalue weighted by molar-refractivity contribution is 4.52.